The lowest BCUT2D eigenvalue weighted by Gasteiger charge is -2.28. The van der Waals surface area contributed by atoms with Crippen molar-refractivity contribution in [3.63, 3.8) is 0 Å². The lowest BCUT2D eigenvalue weighted by Crippen LogP contribution is -2.10. The van der Waals surface area contributed by atoms with Crippen LogP contribution in [0.5, 0.6) is 0 Å². The van der Waals surface area contributed by atoms with Crippen LogP contribution < -0.4 is 9.80 Å². The Hall–Kier alpha value is -7.42. The van der Waals surface area contributed by atoms with Gasteiger partial charge >= 0.3 is 0 Å². The maximum absolute atomic E-state index is 2.41. The fourth-order valence-corrected chi connectivity index (χ4v) is 8.16. The van der Waals surface area contributed by atoms with Gasteiger partial charge in [-0.3, -0.25) is 0 Å². The third-order valence-corrected chi connectivity index (χ3v) is 10.8. The molecule has 0 atom stereocenters. The van der Waals surface area contributed by atoms with E-state index in [4.69, 9.17) is 0 Å². The SMILES string of the molecule is c1ccc(-c2cccc(N(c3ccccc3)c3ccc4ccc5c(ccc6cccc(N(c7ccccc7)c7cccc(-c8ccccc8)c7)c65)c4c3)c2)cc1. The quantitative estimate of drug-likeness (QED) is 0.145. The highest BCUT2D eigenvalue weighted by Gasteiger charge is 2.19. The highest BCUT2D eigenvalue weighted by atomic mass is 15.1. The zero-order valence-electron chi connectivity index (χ0n) is 30.8. The van der Waals surface area contributed by atoms with Gasteiger partial charge in [0.1, 0.15) is 0 Å². The summed E-state index contributed by atoms with van der Waals surface area (Å²) < 4.78 is 0. The van der Waals surface area contributed by atoms with Crippen molar-refractivity contribution >= 4 is 66.4 Å². The van der Waals surface area contributed by atoms with Gasteiger partial charge in [-0.05, 0) is 116 Å². The molecule has 0 saturated carbocycles. The summed E-state index contributed by atoms with van der Waals surface area (Å²) in [4.78, 5) is 4.78. The molecule has 264 valence electrons. The van der Waals surface area contributed by atoms with Crippen LogP contribution in [0.3, 0.4) is 0 Å². The molecule has 0 saturated heterocycles. The number of para-hydroxylation sites is 2. The summed E-state index contributed by atoms with van der Waals surface area (Å²) in [5, 5.41) is 7.30. The van der Waals surface area contributed by atoms with Gasteiger partial charge in [-0.25, -0.2) is 0 Å². The molecular weight excluding hydrogens is 677 g/mol. The number of hydrogen-bond acceptors (Lipinski definition) is 2. The van der Waals surface area contributed by atoms with Crippen LogP contribution in [-0.2, 0) is 0 Å². The molecule has 0 N–H and O–H groups in total. The molecule has 2 nitrogen and oxygen atoms in total. The molecule has 0 fully saturated rings. The van der Waals surface area contributed by atoms with E-state index >= 15 is 0 Å². The van der Waals surface area contributed by atoms with E-state index < -0.39 is 0 Å². The average Bonchev–Trinajstić information content (AvgIpc) is 3.28. The standard InChI is InChI=1S/C54H38N2/c1-5-16-39(17-6-1)43-21-13-27-47(36-43)55(45-23-9-3-10-24-45)49-33-30-41-31-35-51-50(52(41)38-49)34-32-42-20-15-29-53(54(42)51)56(46-25-11-4-12-26-46)48-28-14-22-44(37-48)40-18-7-2-8-19-40/h1-38H. The van der Waals surface area contributed by atoms with Crippen molar-refractivity contribution in [3.05, 3.63) is 231 Å². The topological polar surface area (TPSA) is 6.48 Å². The van der Waals surface area contributed by atoms with Gasteiger partial charge in [-0.2, -0.15) is 0 Å². The molecule has 0 radical (unpaired) electrons. The first-order valence-corrected chi connectivity index (χ1v) is 19.2. The maximum atomic E-state index is 2.41. The smallest absolute Gasteiger partial charge is 0.0546 e. The minimum Gasteiger partial charge on any atom is -0.310 e. The number of fused-ring (bicyclic) bond motifs is 5. The van der Waals surface area contributed by atoms with Gasteiger partial charge in [0.15, 0.2) is 0 Å². The molecule has 0 aromatic heterocycles. The first-order valence-electron chi connectivity index (χ1n) is 19.2. The maximum Gasteiger partial charge on any atom is 0.0546 e. The van der Waals surface area contributed by atoms with Crippen LogP contribution in [0.2, 0.25) is 0 Å². The molecule has 0 aliphatic rings. The summed E-state index contributed by atoms with van der Waals surface area (Å²) >= 11 is 0. The van der Waals surface area contributed by atoms with Crippen LogP contribution in [0.1, 0.15) is 0 Å². The molecule has 0 aliphatic carbocycles. The van der Waals surface area contributed by atoms with E-state index in [9.17, 15) is 0 Å². The zero-order chi connectivity index (χ0) is 37.3. The Labute approximate surface area is 327 Å². The van der Waals surface area contributed by atoms with E-state index in [-0.39, 0.29) is 0 Å². The molecule has 0 aliphatic heterocycles. The zero-order valence-corrected chi connectivity index (χ0v) is 30.8. The van der Waals surface area contributed by atoms with Crippen LogP contribution in [0.25, 0.3) is 54.6 Å². The molecule has 10 rings (SSSR count). The number of rotatable bonds is 8. The predicted octanol–water partition coefficient (Wildman–Crippen LogP) is 15.4. The fourth-order valence-electron chi connectivity index (χ4n) is 8.16. The van der Waals surface area contributed by atoms with Crippen molar-refractivity contribution in [3.8, 4) is 22.3 Å². The van der Waals surface area contributed by atoms with E-state index in [1.807, 2.05) is 0 Å². The van der Waals surface area contributed by atoms with Crippen LogP contribution in [0, 0.1) is 0 Å². The Morgan fingerprint density at radius 2 is 0.679 bits per heavy atom. The number of anilines is 6. The number of nitrogens with zero attached hydrogens (tertiary/aromatic N) is 2. The van der Waals surface area contributed by atoms with Gasteiger partial charge in [-0.15, -0.1) is 0 Å². The van der Waals surface area contributed by atoms with Crippen LogP contribution in [0.15, 0.2) is 231 Å². The molecule has 0 unspecified atom stereocenters. The highest BCUT2D eigenvalue weighted by molar-refractivity contribution is 6.21. The largest absolute Gasteiger partial charge is 0.310 e. The molecule has 0 heterocycles. The first-order chi connectivity index (χ1) is 27.8. The minimum atomic E-state index is 1.11. The highest BCUT2D eigenvalue weighted by Crippen LogP contribution is 2.45. The van der Waals surface area contributed by atoms with Crippen LogP contribution in [-0.4, -0.2) is 0 Å². The molecule has 2 heteroatoms. The van der Waals surface area contributed by atoms with Crippen molar-refractivity contribution in [2.75, 3.05) is 9.80 Å². The van der Waals surface area contributed by atoms with E-state index in [1.165, 1.54) is 54.6 Å². The van der Waals surface area contributed by atoms with Gasteiger partial charge in [0.25, 0.3) is 0 Å². The van der Waals surface area contributed by atoms with Gasteiger partial charge in [0.05, 0.1) is 5.69 Å². The molecule has 0 bridgehead atoms. The molecule has 10 aromatic carbocycles. The summed E-state index contributed by atoms with van der Waals surface area (Å²) in [7, 11) is 0. The first kappa shape index (κ1) is 33.2. The third kappa shape index (κ3) is 6.14. The van der Waals surface area contributed by atoms with Gasteiger partial charge in [0, 0.05) is 33.8 Å². The molecule has 56 heavy (non-hydrogen) atoms. The van der Waals surface area contributed by atoms with Crippen LogP contribution in [0.4, 0.5) is 34.1 Å². The summed E-state index contributed by atoms with van der Waals surface area (Å²) in [5.41, 5.74) is 11.5. The Morgan fingerprint density at radius 1 is 0.232 bits per heavy atom. The van der Waals surface area contributed by atoms with Gasteiger partial charge < -0.3 is 9.80 Å². The molecule has 10 aromatic rings. The van der Waals surface area contributed by atoms with E-state index in [2.05, 4.69) is 240 Å². The van der Waals surface area contributed by atoms with Crippen molar-refractivity contribution in [2.45, 2.75) is 0 Å². The molecular formula is C54H38N2. The van der Waals surface area contributed by atoms with Gasteiger partial charge in [-0.1, -0.05) is 164 Å². The molecule has 0 spiro atoms. The van der Waals surface area contributed by atoms with Crippen molar-refractivity contribution in [2.24, 2.45) is 0 Å². The minimum absolute atomic E-state index is 1.11. The summed E-state index contributed by atoms with van der Waals surface area (Å²) in [6.07, 6.45) is 0. The summed E-state index contributed by atoms with van der Waals surface area (Å²) in [5.74, 6) is 0. The lowest BCUT2D eigenvalue weighted by atomic mass is 9.95. The normalized spacial score (nSPS) is 11.2. The van der Waals surface area contributed by atoms with Crippen molar-refractivity contribution in [1.29, 1.82) is 0 Å². The van der Waals surface area contributed by atoms with Crippen LogP contribution >= 0.6 is 0 Å². The summed E-state index contributed by atoms with van der Waals surface area (Å²) in [6.45, 7) is 0. The second-order valence-electron chi connectivity index (χ2n) is 14.2. The lowest BCUT2D eigenvalue weighted by molar-refractivity contribution is 1.29. The third-order valence-electron chi connectivity index (χ3n) is 10.8. The Balaban J connectivity index is 1.17. The summed E-state index contributed by atoms with van der Waals surface area (Å²) in [6, 6.07) is 83.1. The second-order valence-corrected chi connectivity index (χ2v) is 14.2. The predicted molar refractivity (Wildman–Crippen MR) is 239 cm³/mol. The van der Waals surface area contributed by atoms with Crippen molar-refractivity contribution < 1.29 is 0 Å². The van der Waals surface area contributed by atoms with E-state index in [0.29, 0.717) is 0 Å². The fraction of sp³-hybridized carbons (Fsp3) is 0. The van der Waals surface area contributed by atoms with E-state index in [1.54, 1.807) is 0 Å². The monoisotopic (exact) mass is 714 g/mol. The average molecular weight is 715 g/mol. The van der Waals surface area contributed by atoms with Crippen molar-refractivity contribution in [1.82, 2.24) is 0 Å². The Kier molecular flexibility index (Phi) is 8.55. The Morgan fingerprint density at radius 3 is 1.30 bits per heavy atom. The second kappa shape index (κ2) is 14.4. The van der Waals surface area contributed by atoms with Gasteiger partial charge in [0.2, 0.25) is 0 Å². The molecule has 0 amide bonds. The Bertz CT molecular complexity index is 2960. The number of hydrogen-bond donors (Lipinski definition) is 0. The van der Waals surface area contributed by atoms with E-state index in [0.717, 1.165) is 34.1 Å². The number of benzene rings is 10.